The fourth-order valence-electron chi connectivity index (χ4n) is 10.5. The Morgan fingerprint density at radius 1 is 0.286 bits per heavy atom. The highest BCUT2D eigenvalue weighted by Gasteiger charge is 2.43. The van der Waals surface area contributed by atoms with Crippen molar-refractivity contribution < 1.29 is 0 Å². The third kappa shape index (κ3) is 5.78. The van der Waals surface area contributed by atoms with Gasteiger partial charge in [0.2, 0.25) is 0 Å². The van der Waals surface area contributed by atoms with Crippen LogP contribution in [0.25, 0.3) is 77.2 Å². The van der Waals surface area contributed by atoms with Crippen LogP contribution in [0.5, 0.6) is 0 Å². The van der Waals surface area contributed by atoms with Crippen molar-refractivity contribution in [3.8, 4) is 33.6 Å². The molecule has 0 atom stereocenters. The number of rotatable bonds is 8. The Morgan fingerprint density at radius 3 is 1.32 bits per heavy atom. The van der Waals surface area contributed by atoms with E-state index in [-0.39, 0.29) is 0 Å². The third-order valence-electron chi connectivity index (χ3n) is 13.0. The summed E-state index contributed by atoms with van der Waals surface area (Å²) in [4.78, 5) is 0. The molecule has 0 spiro atoms. The lowest BCUT2D eigenvalue weighted by molar-refractivity contribution is 1.17. The van der Waals surface area contributed by atoms with E-state index in [0.717, 1.165) is 11.4 Å². The molecule has 0 unspecified atom stereocenters. The molecule has 0 amide bonds. The third-order valence-corrected chi connectivity index (χ3v) is 17.9. The lowest BCUT2D eigenvalue weighted by Crippen LogP contribution is -2.75. The van der Waals surface area contributed by atoms with Crippen molar-refractivity contribution in [3.05, 3.63) is 255 Å². The second-order valence-electron chi connectivity index (χ2n) is 16.4. The Hall–Kier alpha value is -7.98. The molecule has 0 aliphatic carbocycles. The molecule has 10 aromatic carbocycles. The largest absolute Gasteiger partial charge is 0.309 e. The minimum atomic E-state index is -2.97. The lowest BCUT2D eigenvalue weighted by Gasteiger charge is -2.35. The van der Waals surface area contributed by atoms with Gasteiger partial charge in [-0.15, -0.1) is 0 Å². The first-order chi connectivity index (χ1) is 31.3. The van der Waals surface area contributed by atoms with E-state index in [9.17, 15) is 0 Å². The molecule has 0 saturated heterocycles. The molecule has 2 heterocycles. The average Bonchev–Trinajstić information content (AvgIpc) is 3.89. The number of benzene rings is 10. The Kier molecular flexibility index (Phi) is 8.87. The maximum atomic E-state index is 2.59. The first-order valence-corrected chi connectivity index (χ1v) is 23.8. The van der Waals surface area contributed by atoms with Crippen LogP contribution < -0.4 is 20.7 Å². The standard InChI is InChI=1S/C60H42N2Si/c1-6-23-43(24-7-1)49-33-16-19-37-55(49)62-57-39-21-18-35-51(57)54-42-45(41-53(59(54)62)44-25-8-2-9-26-44)61-56-38-20-17-34-50(56)52-36-22-40-58(60(52)61)63(46-27-10-3-11-28-46,47-29-12-4-13-30-47)48-31-14-5-15-32-48/h1-42H. The molecule has 12 rings (SSSR count). The topological polar surface area (TPSA) is 9.86 Å². The van der Waals surface area contributed by atoms with Gasteiger partial charge in [-0.2, -0.15) is 0 Å². The molecular formula is C60H42N2Si. The molecule has 0 N–H and O–H groups in total. The fourth-order valence-corrected chi connectivity index (χ4v) is 15.4. The van der Waals surface area contributed by atoms with Crippen molar-refractivity contribution in [3.63, 3.8) is 0 Å². The highest BCUT2D eigenvalue weighted by atomic mass is 28.3. The van der Waals surface area contributed by atoms with Crippen LogP contribution in [0.1, 0.15) is 0 Å². The van der Waals surface area contributed by atoms with Gasteiger partial charge in [0.05, 0.1) is 27.8 Å². The highest BCUT2D eigenvalue weighted by molar-refractivity contribution is 7.20. The Balaban J connectivity index is 1.25. The minimum Gasteiger partial charge on any atom is -0.309 e. The van der Waals surface area contributed by atoms with Gasteiger partial charge >= 0.3 is 0 Å². The first-order valence-electron chi connectivity index (χ1n) is 21.8. The average molecular weight is 819 g/mol. The van der Waals surface area contributed by atoms with Crippen LogP contribution >= 0.6 is 0 Å². The predicted octanol–water partition coefficient (Wildman–Crippen LogP) is 12.6. The summed E-state index contributed by atoms with van der Waals surface area (Å²) in [5, 5.41) is 10.4. The maximum Gasteiger partial charge on any atom is 0.181 e. The van der Waals surface area contributed by atoms with Crippen LogP contribution in [0.4, 0.5) is 0 Å². The number of para-hydroxylation sites is 4. The van der Waals surface area contributed by atoms with Crippen molar-refractivity contribution in [1.82, 2.24) is 9.13 Å². The summed E-state index contributed by atoms with van der Waals surface area (Å²) in [5.74, 6) is 0. The molecule has 0 aliphatic heterocycles. The van der Waals surface area contributed by atoms with E-state index in [4.69, 9.17) is 0 Å². The van der Waals surface area contributed by atoms with Crippen molar-refractivity contribution in [2.75, 3.05) is 0 Å². The molecule has 3 heteroatoms. The zero-order chi connectivity index (χ0) is 41.7. The quantitative estimate of drug-likeness (QED) is 0.107. The van der Waals surface area contributed by atoms with Crippen LogP contribution in [0, 0.1) is 0 Å². The monoisotopic (exact) mass is 818 g/mol. The molecule has 0 radical (unpaired) electrons. The Morgan fingerprint density at radius 2 is 0.730 bits per heavy atom. The van der Waals surface area contributed by atoms with E-state index < -0.39 is 8.07 Å². The second kappa shape index (κ2) is 15.2. The number of nitrogens with zero attached hydrogens (tertiary/aromatic N) is 2. The van der Waals surface area contributed by atoms with Crippen molar-refractivity contribution >= 4 is 72.4 Å². The summed E-state index contributed by atoms with van der Waals surface area (Å²) in [6.45, 7) is 0. The fraction of sp³-hybridized carbons (Fsp3) is 0. The molecule has 0 fully saturated rings. The summed E-state index contributed by atoms with van der Waals surface area (Å²) in [7, 11) is -2.97. The van der Waals surface area contributed by atoms with Gasteiger partial charge in [-0.1, -0.05) is 224 Å². The Labute approximate surface area is 368 Å². The van der Waals surface area contributed by atoms with Gasteiger partial charge < -0.3 is 9.13 Å². The van der Waals surface area contributed by atoms with Gasteiger partial charge in [0.15, 0.2) is 8.07 Å². The predicted molar refractivity (Wildman–Crippen MR) is 270 cm³/mol. The van der Waals surface area contributed by atoms with Gasteiger partial charge in [0, 0.05) is 38.4 Å². The van der Waals surface area contributed by atoms with Gasteiger partial charge in [0.25, 0.3) is 0 Å². The molecule has 0 aliphatic rings. The van der Waals surface area contributed by atoms with Gasteiger partial charge in [-0.25, -0.2) is 0 Å². The SMILES string of the molecule is c1ccc(-c2ccccc2-n2c3ccccc3c3cc(-n4c5ccccc5c5cccc([Si](c6ccccc6)(c6ccccc6)c6ccccc6)c54)cc(-c4ccccc4)c32)cc1. The van der Waals surface area contributed by atoms with E-state index >= 15 is 0 Å². The molecule has 0 saturated carbocycles. The van der Waals surface area contributed by atoms with Crippen molar-refractivity contribution in [1.29, 1.82) is 0 Å². The highest BCUT2D eigenvalue weighted by Crippen LogP contribution is 2.43. The number of fused-ring (bicyclic) bond motifs is 6. The summed E-state index contributed by atoms with van der Waals surface area (Å²) in [6.07, 6.45) is 0. The van der Waals surface area contributed by atoms with Crippen molar-refractivity contribution in [2.24, 2.45) is 0 Å². The van der Waals surface area contributed by atoms with E-state index in [0.29, 0.717) is 0 Å². The molecule has 2 aromatic heterocycles. The number of aromatic nitrogens is 2. The Bertz CT molecular complexity index is 3500. The van der Waals surface area contributed by atoms with Gasteiger partial charge in [0.1, 0.15) is 0 Å². The number of hydrogen-bond acceptors (Lipinski definition) is 0. The molecule has 63 heavy (non-hydrogen) atoms. The summed E-state index contributed by atoms with van der Waals surface area (Å²) >= 11 is 0. The van der Waals surface area contributed by atoms with E-state index in [1.807, 2.05) is 0 Å². The zero-order valence-corrected chi connectivity index (χ0v) is 35.6. The summed E-state index contributed by atoms with van der Waals surface area (Å²) in [6, 6.07) is 94.4. The molecule has 12 aromatic rings. The maximum absolute atomic E-state index is 2.97. The minimum absolute atomic E-state index is 1.14. The molecule has 296 valence electrons. The van der Waals surface area contributed by atoms with E-state index in [1.165, 1.54) is 86.6 Å². The molecular weight excluding hydrogens is 777 g/mol. The van der Waals surface area contributed by atoms with Crippen LogP contribution in [0.2, 0.25) is 0 Å². The summed E-state index contributed by atoms with van der Waals surface area (Å²) < 4.78 is 5.10. The van der Waals surface area contributed by atoms with E-state index in [1.54, 1.807) is 0 Å². The summed E-state index contributed by atoms with van der Waals surface area (Å²) in [5.41, 5.74) is 11.8. The van der Waals surface area contributed by atoms with E-state index in [2.05, 4.69) is 264 Å². The normalized spacial score (nSPS) is 11.8. The zero-order valence-electron chi connectivity index (χ0n) is 34.6. The van der Waals surface area contributed by atoms with Crippen molar-refractivity contribution in [2.45, 2.75) is 0 Å². The first kappa shape index (κ1) is 36.8. The lowest BCUT2D eigenvalue weighted by atomic mass is 10.00. The van der Waals surface area contributed by atoms with Crippen LogP contribution in [-0.4, -0.2) is 17.2 Å². The molecule has 0 bridgehead atoms. The van der Waals surface area contributed by atoms with Crippen LogP contribution in [-0.2, 0) is 0 Å². The van der Waals surface area contributed by atoms with Gasteiger partial charge in [-0.05, 0) is 62.2 Å². The smallest absolute Gasteiger partial charge is 0.181 e. The number of hydrogen-bond donors (Lipinski definition) is 0. The van der Waals surface area contributed by atoms with Gasteiger partial charge in [-0.3, -0.25) is 0 Å². The molecule has 2 nitrogen and oxygen atoms in total. The van der Waals surface area contributed by atoms with Crippen LogP contribution in [0.3, 0.4) is 0 Å². The van der Waals surface area contributed by atoms with Crippen LogP contribution in [0.15, 0.2) is 255 Å². The second-order valence-corrected chi connectivity index (χ2v) is 20.2.